The van der Waals surface area contributed by atoms with Crippen molar-refractivity contribution in [2.45, 2.75) is 64.4 Å². The molecule has 0 heterocycles. The highest BCUT2D eigenvalue weighted by atomic mass is 16.5. The van der Waals surface area contributed by atoms with Gasteiger partial charge in [-0.25, -0.2) is 0 Å². The number of benzene rings is 3. The average Bonchev–Trinajstić information content (AvgIpc) is 2.69. The summed E-state index contributed by atoms with van der Waals surface area (Å²) in [4.78, 5) is 12.1. The third kappa shape index (κ3) is 3.57. The van der Waals surface area contributed by atoms with E-state index < -0.39 is 6.10 Å². The fourth-order valence-corrected chi connectivity index (χ4v) is 4.84. The van der Waals surface area contributed by atoms with Crippen molar-refractivity contribution >= 4 is 16.7 Å². The molecule has 0 aliphatic heterocycles. The van der Waals surface area contributed by atoms with Gasteiger partial charge in [0.25, 0.3) is 0 Å². The Hall–Kier alpha value is -2.61. The largest absolute Gasteiger partial charge is 0.453 e. The maximum Gasteiger partial charge on any atom is 0.303 e. The number of rotatable bonds is 3. The number of esters is 1. The van der Waals surface area contributed by atoms with Crippen LogP contribution in [0.15, 0.2) is 60.7 Å². The Labute approximate surface area is 173 Å². The predicted molar refractivity (Wildman–Crippen MR) is 119 cm³/mol. The Bertz CT molecular complexity index is 1070. The smallest absolute Gasteiger partial charge is 0.303 e. The van der Waals surface area contributed by atoms with Crippen LogP contribution in [0.5, 0.6) is 0 Å². The van der Waals surface area contributed by atoms with Crippen LogP contribution < -0.4 is 0 Å². The zero-order valence-electron chi connectivity index (χ0n) is 18.1. The van der Waals surface area contributed by atoms with E-state index in [4.69, 9.17) is 4.74 Å². The topological polar surface area (TPSA) is 26.3 Å². The fraction of sp³-hybridized carbons (Fsp3) is 0.370. The zero-order chi connectivity index (χ0) is 20.8. The maximum absolute atomic E-state index is 12.1. The summed E-state index contributed by atoms with van der Waals surface area (Å²) in [7, 11) is 0. The van der Waals surface area contributed by atoms with Crippen molar-refractivity contribution in [2.75, 3.05) is 0 Å². The molecule has 150 valence electrons. The van der Waals surface area contributed by atoms with E-state index in [1.54, 1.807) is 0 Å². The predicted octanol–water partition coefficient (Wildman–Crippen LogP) is 6.84. The van der Waals surface area contributed by atoms with Crippen LogP contribution in [0.25, 0.3) is 10.8 Å². The molecule has 0 aromatic heterocycles. The molecule has 0 saturated carbocycles. The van der Waals surface area contributed by atoms with Gasteiger partial charge in [-0.15, -0.1) is 0 Å². The summed E-state index contributed by atoms with van der Waals surface area (Å²) in [6.07, 6.45) is 1.87. The standard InChI is InChI=1S/C27H30O2/c1-18(28)29-25(21-14-13-19-9-6-7-10-20(19)17-21)22-11-8-12-23-24(22)27(4,5)16-15-26(23,2)3/h6-14,17,25H,15-16H2,1-5H3. The molecule has 0 spiro atoms. The first-order valence-corrected chi connectivity index (χ1v) is 10.5. The van der Waals surface area contributed by atoms with Gasteiger partial charge in [-0.1, -0.05) is 82.3 Å². The van der Waals surface area contributed by atoms with E-state index in [0.29, 0.717) is 0 Å². The molecule has 0 fully saturated rings. The Morgan fingerprint density at radius 2 is 1.55 bits per heavy atom. The van der Waals surface area contributed by atoms with Crippen LogP contribution in [0.1, 0.15) is 75.8 Å². The van der Waals surface area contributed by atoms with Gasteiger partial charge in [0, 0.05) is 12.5 Å². The Kier molecular flexibility index (Phi) is 4.77. The van der Waals surface area contributed by atoms with Crippen LogP contribution in [0.4, 0.5) is 0 Å². The molecule has 4 rings (SSSR count). The lowest BCUT2D eigenvalue weighted by Gasteiger charge is -2.43. The number of hydrogen-bond acceptors (Lipinski definition) is 2. The van der Waals surface area contributed by atoms with Crippen LogP contribution in [0.2, 0.25) is 0 Å². The molecule has 3 aromatic carbocycles. The molecule has 29 heavy (non-hydrogen) atoms. The van der Waals surface area contributed by atoms with E-state index in [1.807, 2.05) is 12.1 Å². The second-order valence-electron chi connectivity index (χ2n) is 9.63. The van der Waals surface area contributed by atoms with Gasteiger partial charge in [0.15, 0.2) is 6.10 Å². The lowest BCUT2D eigenvalue weighted by Crippen LogP contribution is -2.35. The lowest BCUT2D eigenvalue weighted by atomic mass is 9.61. The van der Waals surface area contributed by atoms with E-state index in [1.165, 1.54) is 23.4 Å². The second-order valence-corrected chi connectivity index (χ2v) is 9.63. The summed E-state index contributed by atoms with van der Waals surface area (Å²) in [5.74, 6) is -0.256. The Balaban J connectivity index is 1.94. The first-order valence-electron chi connectivity index (χ1n) is 10.5. The molecule has 0 bridgehead atoms. The summed E-state index contributed by atoms with van der Waals surface area (Å²) in [5.41, 5.74) is 5.01. The number of fused-ring (bicyclic) bond motifs is 2. The van der Waals surface area contributed by atoms with Gasteiger partial charge >= 0.3 is 5.97 Å². The van der Waals surface area contributed by atoms with Crippen molar-refractivity contribution in [2.24, 2.45) is 0 Å². The minimum Gasteiger partial charge on any atom is -0.453 e. The summed E-state index contributed by atoms with van der Waals surface area (Å²) in [6.45, 7) is 10.8. The van der Waals surface area contributed by atoms with Gasteiger partial charge in [0.2, 0.25) is 0 Å². The average molecular weight is 387 g/mol. The van der Waals surface area contributed by atoms with Gasteiger partial charge in [-0.05, 0) is 57.2 Å². The molecule has 1 aliphatic carbocycles. The quantitative estimate of drug-likeness (QED) is 0.461. The minimum atomic E-state index is -0.403. The summed E-state index contributed by atoms with van der Waals surface area (Å²) in [6, 6.07) is 21.2. The van der Waals surface area contributed by atoms with Gasteiger partial charge < -0.3 is 4.74 Å². The molecule has 0 radical (unpaired) electrons. The molecule has 1 atom stereocenters. The van der Waals surface area contributed by atoms with Crippen LogP contribution in [-0.2, 0) is 20.4 Å². The zero-order valence-corrected chi connectivity index (χ0v) is 18.1. The first-order chi connectivity index (χ1) is 13.7. The van der Waals surface area contributed by atoms with Crippen molar-refractivity contribution in [1.82, 2.24) is 0 Å². The van der Waals surface area contributed by atoms with Gasteiger partial charge in [-0.3, -0.25) is 4.79 Å². The molecule has 2 nitrogen and oxygen atoms in total. The first kappa shape index (κ1) is 19.7. The molecule has 1 aliphatic rings. The van der Waals surface area contributed by atoms with Crippen molar-refractivity contribution in [1.29, 1.82) is 0 Å². The fourth-order valence-electron chi connectivity index (χ4n) is 4.84. The normalized spacial score (nSPS) is 18.1. The molecule has 1 unspecified atom stereocenters. The molecule has 0 saturated heterocycles. The van der Waals surface area contributed by atoms with E-state index in [-0.39, 0.29) is 16.8 Å². The summed E-state index contributed by atoms with van der Waals surface area (Å²) >= 11 is 0. The molecule has 3 aromatic rings. The number of carbonyl (C=O) groups excluding carboxylic acids is 1. The highest BCUT2D eigenvalue weighted by Crippen LogP contribution is 2.49. The molecule has 0 N–H and O–H groups in total. The third-order valence-corrected chi connectivity index (χ3v) is 6.52. The Morgan fingerprint density at radius 1 is 0.862 bits per heavy atom. The number of carbonyl (C=O) groups is 1. The van der Waals surface area contributed by atoms with Crippen molar-refractivity contribution in [3.63, 3.8) is 0 Å². The lowest BCUT2D eigenvalue weighted by molar-refractivity contribution is -0.144. The Morgan fingerprint density at radius 3 is 2.28 bits per heavy atom. The highest BCUT2D eigenvalue weighted by Gasteiger charge is 2.40. The van der Waals surface area contributed by atoms with Crippen LogP contribution >= 0.6 is 0 Å². The van der Waals surface area contributed by atoms with Gasteiger partial charge in [0.05, 0.1) is 0 Å². The summed E-state index contributed by atoms with van der Waals surface area (Å²) in [5, 5.41) is 2.35. The maximum atomic E-state index is 12.1. The third-order valence-electron chi connectivity index (χ3n) is 6.52. The van der Waals surface area contributed by atoms with E-state index >= 15 is 0 Å². The van der Waals surface area contributed by atoms with Crippen LogP contribution in [0.3, 0.4) is 0 Å². The minimum absolute atomic E-state index is 0.0384. The molecule has 0 amide bonds. The van der Waals surface area contributed by atoms with Crippen LogP contribution in [-0.4, -0.2) is 5.97 Å². The van der Waals surface area contributed by atoms with Gasteiger partial charge in [0.1, 0.15) is 0 Å². The molecular weight excluding hydrogens is 356 g/mol. The van der Waals surface area contributed by atoms with E-state index in [0.717, 1.165) is 29.4 Å². The number of ether oxygens (including phenoxy) is 1. The monoisotopic (exact) mass is 386 g/mol. The van der Waals surface area contributed by atoms with E-state index in [2.05, 4.69) is 76.2 Å². The second kappa shape index (κ2) is 7.02. The van der Waals surface area contributed by atoms with Crippen molar-refractivity contribution in [3.05, 3.63) is 82.9 Å². The van der Waals surface area contributed by atoms with E-state index in [9.17, 15) is 4.79 Å². The number of hydrogen-bond donors (Lipinski definition) is 0. The molecular formula is C27H30O2. The van der Waals surface area contributed by atoms with Crippen molar-refractivity contribution < 1.29 is 9.53 Å². The van der Waals surface area contributed by atoms with Crippen molar-refractivity contribution in [3.8, 4) is 0 Å². The van der Waals surface area contributed by atoms with Crippen LogP contribution in [0, 0.1) is 0 Å². The molecule has 2 heteroatoms. The van der Waals surface area contributed by atoms with Gasteiger partial charge in [-0.2, -0.15) is 0 Å². The highest BCUT2D eigenvalue weighted by molar-refractivity contribution is 5.83. The summed E-state index contributed by atoms with van der Waals surface area (Å²) < 4.78 is 5.96. The SMILES string of the molecule is CC(=O)OC(c1ccc2ccccc2c1)c1cccc2c1C(C)(C)CCC2(C)C.